The minimum Gasteiger partial charge on any atom is -0.396 e. The van der Waals surface area contributed by atoms with Crippen molar-refractivity contribution < 1.29 is 5.11 Å². The van der Waals surface area contributed by atoms with E-state index in [1.165, 1.54) is 0 Å². The molecule has 108 valence electrons. The number of nitrogens with zero attached hydrogens (tertiary/aromatic N) is 2. The topological polar surface area (TPSA) is 50.1 Å². The maximum Gasteiger partial charge on any atom is 0.0946 e. The van der Waals surface area contributed by atoms with Crippen LogP contribution in [0.1, 0.15) is 18.0 Å². The lowest BCUT2D eigenvalue weighted by Crippen LogP contribution is -2.27. The lowest BCUT2D eigenvalue weighted by molar-refractivity contribution is 0.281. The van der Waals surface area contributed by atoms with E-state index in [1.54, 1.807) is 18.6 Å². The fourth-order valence-corrected chi connectivity index (χ4v) is 2.56. The van der Waals surface area contributed by atoms with E-state index in [-0.39, 0.29) is 12.6 Å². The van der Waals surface area contributed by atoms with Crippen LogP contribution < -0.4 is 5.32 Å². The molecule has 0 aliphatic heterocycles. The molecule has 0 aliphatic rings. The van der Waals surface area contributed by atoms with Gasteiger partial charge in [0.15, 0.2) is 0 Å². The van der Waals surface area contributed by atoms with Gasteiger partial charge in [0.05, 0.1) is 12.4 Å². The second-order valence-electron chi connectivity index (χ2n) is 4.51. The molecule has 0 bridgehead atoms. The molecule has 1 aromatic heterocycles. The minimum absolute atomic E-state index is 0.0421. The van der Waals surface area contributed by atoms with Gasteiger partial charge in [-0.3, -0.25) is 0 Å². The van der Waals surface area contributed by atoms with Crippen LogP contribution in [-0.4, -0.2) is 27.8 Å². The fourth-order valence-electron chi connectivity index (χ4n) is 2.02. The normalized spacial score (nSPS) is 12.6. The van der Waals surface area contributed by atoms with Crippen LogP contribution in [0.4, 0.5) is 0 Å². The predicted octanol–water partition coefficient (Wildman–Crippen LogP) is 2.90. The summed E-state index contributed by atoms with van der Waals surface area (Å²) in [5.74, 6) is 0. The van der Waals surface area contributed by atoms with E-state index < -0.39 is 0 Å². The second-order valence-corrected chi connectivity index (χ2v) is 5.35. The summed E-state index contributed by atoms with van der Waals surface area (Å²) in [6, 6.07) is 5.54. The number of hydrogen-bond acceptors (Lipinski definition) is 3. The Kier molecular flexibility index (Phi) is 5.86. The van der Waals surface area contributed by atoms with Crippen molar-refractivity contribution in [2.24, 2.45) is 0 Å². The van der Waals surface area contributed by atoms with Gasteiger partial charge in [0.25, 0.3) is 0 Å². The highest BCUT2D eigenvalue weighted by molar-refractivity contribution is 6.35. The lowest BCUT2D eigenvalue weighted by atomic mass is 10.1. The van der Waals surface area contributed by atoms with Gasteiger partial charge in [0.1, 0.15) is 0 Å². The van der Waals surface area contributed by atoms with Crippen LogP contribution in [0.2, 0.25) is 10.0 Å². The molecule has 0 aliphatic carbocycles. The molecule has 20 heavy (non-hydrogen) atoms. The molecular weight excluding hydrogens is 297 g/mol. The highest BCUT2D eigenvalue weighted by atomic mass is 35.5. The maximum absolute atomic E-state index is 8.90. The van der Waals surface area contributed by atoms with Gasteiger partial charge in [0.2, 0.25) is 0 Å². The summed E-state index contributed by atoms with van der Waals surface area (Å²) >= 11 is 12.2. The number of aromatic nitrogens is 2. The van der Waals surface area contributed by atoms with Crippen LogP contribution >= 0.6 is 23.2 Å². The van der Waals surface area contributed by atoms with E-state index >= 15 is 0 Å². The van der Waals surface area contributed by atoms with Crippen LogP contribution in [0.15, 0.2) is 36.9 Å². The Morgan fingerprint density at radius 2 is 2.20 bits per heavy atom. The molecule has 1 heterocycles. The molecule has 0 saturated carbocycles. The Hall–Kier alpha value is -1.07. The predicted molar refractivity (Wildman–Crippen MR) is 81.1 cm³/mol. The molecule has 0 saturated heterocycles. The van der Waals surface area contributed by atoms with Gasteiger partial charge in [-0.25, -0.2) is 4.98 Å². The molecular formula is C14H17Cl2N3O. The Labute approximate surface area is 128 Å². The zero-order valence-corrected chi connectivity index (χ0v) is 12.5. The molecule has 0 radical (unpaired) electrons. The summed E-state index contributed by atoms with van der Waals surface area (Å²) in [6.07, 6.45) is 6.12. The summed E-state index contributed by atoms with van der Waals surface area (Å²) < 4.78 is 1.99. The number of aliphatic hydroxyl groups is 1. The molecule has 6 heteroatoms. The van der Waals surface area contributed by atoms with Crippen LogP contribution in [0.25, 0.3) is 0 Å². The highest BCUT2D eigenvalue weighted by Crippen LogP contribution is 2.27. The smallest absolute Gasteiger partial charge is 0.0946 e. The number of aliphatic hydroxyl groups excluding tert-OH is 1. The Morgan fingerprint density at radius 3 is 2.85 bits per heavy atom. The molecule has 0 fully saturated rings. The van der Waals surface area contributed by atoms with Crippen molar-refractivity contribution in [1.82, 2.24) is 14.9 Å². The number of hydrogen-bond donors (Lipinski definition) is 2. The van der Waals surface area contributed by atoms with Crippen molar-refractivity contribution >= 4 is 23.2 Å². The number of halogens is 2. The number of rotatable bonds is 7. The number of benzene rings is 1. The monoisotopic (exact) mass is 313 g/mol. The summed E-state index contributed by atoms with van der Waals surface area (Å²) in [5, 5.41) is 13.6. The van der Waals surface area contributed by atoms with Gasteiger partial charge < -0.3 is 15.0 Å². The van der Waals surface area contributed by atoms with E-state index in [0.717, 1.165) is 12.1 Å². The molecule has 4 nitrogen and oxygen atoms in total. The summed E-state index contributed by atoms with van der Waals surface area (Å²) in [7, 11) is 0. The molecule has 0 spiro atoms. The van der Waals surface area contributed by atoms with E-state index in [2.05, 4.69) is 10.3 Å². The average molecular weight is 314 g/mol. The first-order chi connectivity index (χ1) is 9.70. The fraction of sp³-hybridized carbons (Fsp3) is 0.357. The van der Waals surface area contributed by atoms with Crippen molar-refractivity contribution in [3.8, 4) is 0 Å². The Balaban J connectivity index is 2.15. The van der Waals surface area contributed by atoms with Gasteiger partial charge in [-0.1, -0.05) is 29.3 Å². The van der Waals surface area contributed by atoms with E-state index in [9.17, 15) is 0 Å². The number of imidazole rings is 1. The van der Waals surface area contributed by atoms with Crippen molar-refractivity contribution in [3.63, 3.8) is 0 Å². The first-order valence-corrected chi connectivity index (χ1v) is 7.21. The van der Waals surface area contributed by atoms with Crippen molar-refractivity contribution in [3.05, 3.63) is 52.5 Å². The van der Waals surface area contributed by atoms with Gasteiger partial charge in [-0.2, -0.15) is 0 Å². The standard InChI is InChI=1S/C14H17Cl2N3O/c15-11-2-3-12(13(16)8-11)14(18-4-1-7-20)9-19-6-5-17-10-19/h2-3,5-6,8,10,14,18,20H,1,4,7,9H2/t14-/m0/s1. The quantitative estimate of drug-likeness (QED) is 0.773. The van der Waals surface area contributed by atoms with Crippen LogP contribution in [-0.2, 0) is 6.54 Å². The van der Waals surface area contributed by atoms with E-state index in [4.69, 9.17) is 28.3 Å². The number of nitrogens with one attached hydrogen (secondary N) is 1. The third-order valence-electron chi connectivity index (χ3n) is 3.02. The van der Waals surface area contributed by atoms with Crippen molar-refractivity contribution in [2.45, 2.75) is 19.0 Å². The molecule has 1 atom stereocenters. The first kappa shape index (κ1) is 15.3. The Bertz CT molecular complexity index is 531. The average Bonchev–Trinajstić information content (AvgIpc) is 2.91. The van der Waals surface area contributed by atoms with Crippen molar-refractivity contribution in [1.29, 1.82) is 0 Å². The maximum atomic E-state index is 8.90. The van der Waals surface area contributed by atoms with Gasteiger partial charge in [-0.15, -0.1) is 0 Å². The van der Waals surface area contributed by atoms with Crippen LogP contribution in [0.5, 0.6) is 0 Å². The molecule has 1 aromatic carbocycles. The molecule has 0 unspecified atom stereocenters. The molecule has 2 N–H and O–H groups in total. The van der Waals surface area contributed by atoms with Crippen LogP contribution in [0.3, 0.4) is 0 Å². The van der Waals surface area contributed by atoms with Crippen LogP contribution in [0, 0.1) is 0 Å². The third kappa shape index (κ3) is 4.21. The summed E-state index contributed by atoms with van der Waals surface area (Å²) in [4.78, 5) is 4.04. The third-order valence-corrected chi connectivity index (χ3v) is 3.58. The zero-order chi connectivity index (χ0) is 14.4. The molecule has 2 aromatic rings. The second kappa shape index (κ2) is 7.64. The van der Waals surface area contributed by atoms with E-state index in [0.29, 0.717) is 23.0 Å². The molecule has 2 rings (SSSR count). The SMILES string of the molecule is OCCCN[C@@H](Cn1ccnc1)c1ccc(Cl)cc1Cl. The zero-order valence-electron chi connectivity index (χ0n) is 11.0. The molecule has 0 amide bonds. The van der Waals surface area contributed by atoms with Gasteiger partial charge >= 0.3 is 0 Å². The lowest BCUT2D eigenvalue weighted by Gasteiger charge is -2.21. The first-order valence-electron chi connectivity index (χ1n) is 6.45. The Morgan fingerprint density at radius 1 is 1.35 bits per heavy atom. The largest absolute Gasteiger partial charge is 0.396 e. The summed E-state index contributed by atoms with van der Waals surface area (Å²) in [6.45, 7) is 1.60. The van der Waals surface area contributed by atoms with Gasteiger partial charge in [-0.05, 0) is 30.7 Å². The van der Waals surface area contributed by atoms with Gasteiger partial charge in [0, 0.05) is 35.6 Å². The summed E-state index contributed by atoms with van der Waals surface area (Å²) in [5.41, 5.74) is 0.989. The minimum atomic E-state index is 0.0421. The van der Waals surface area contributed by atoms with Crippen molar-refractivity contribution in [2.75, 3.05) is 13.2 Å². The highest BCUT2D eigenvalue weighted by Gasteiger charge is 2.15. The van der Waals surface area contributed by atoms with E-state index in [1.807, 2.05) is 22.9 Å².